The number of benzene rings is 4. The number of methoxy groups -OCH3 is 1. The highest BCUT2D eigenvalue weighted by Crippen LogP contribution is 2.36. The van der Waals surface area contributed by atoms with Crippen molar-refractivity contribution in [3.8, 4) is 28.3 Å². The van der Waals surface area contributed by atoms with Gasteiger partial charge in [-0.1, -0.05) is 30.3 Å². The summed E-state index contributed by atoms with van der Waals surface area (Å²) in [6.45, 7) is 9.14. The van der Waals surface area contributed by atoms with Crippen LogP contribution in [-0.2, 0) is 21.7 Å². The molecule has 3 saturated heterocycles. The first-order chi connectivity index (χ1) is 33.5. The lowest BCUT2D eigenvalue weighted by Gasteiger charge is -2.38. The molecule has 70 heavy (non-hydrogen) atoms. The van der Waals surface area contributed by atoms with Gasteiger partial charge in [-0.25, -0.2) is 23.5 Å². The number of H-pyrrole nitrogens is 1. The van der Waals surface area contributed by atoms with Gasteiger partial charge in [0.15, 0.2) is 0 Å². The van der Waals surface area contributed by atoms with E-state index >= 15 is 8.78 Å². The van der Waals surface area contributed by atoms with Crippen molar-refractivity contribution in [1.29, 1.82) is 0 Å². The number of nitrogens with one attached hydrogen (secondary N) is 3. The molecule has 6 aromatic rings. The average molecular weight is 954 g/mol. The largest absolute Gasteiger partial charge is 0.495 e. The van der Waals surface area contributed by atoms with Gasteiger partial charge in [-0.15, -0.1) is 0 Å². The summed E-state index contributed by atoms with van der Waals surface area (Å²) in [4.78, 5) is 84.5. The number of rotatable bonds is 11. The van der Waals surface area contributed by atoms with Crippen LogP contribution in [0.4, 0.5) is 25.0 Å². The SMILES string of the molecule is COc1ccc(C(=O)N2CCC(C(=O)N3CCN(Cc4ccc(-c5cc6c(-c7cc(F)cc(NC(=O)c8ccc(C(C)(C)O)cc8F)c7C)ncnc6[nH]5)cc4)CC3)CC2)cc1N1CCC(=O)NC1=O. The lowest BCUT2D eigenvalue weighted by Crippen LogP contribution is -2.51. The molecular formula is C52H53F2N9O7. The van der Waals surface area contributed by atoms with Crippen LogP contribution in [0.2, 0.25) is 0 Å². The first-order valence-electron chi connectivity index (χ1n) is 23.2. The molecule has 3 aliphatic heterocycles. The van der Waals surface area contributed by atoms with E-state index in [2.05, 4.69) is 42.6 Å². The number of fused-ring (bicyclic) bond motifs is 1. The fraction of sp³-hybridized carbons (Fsp3) is 0.327. The Labute approximate surface area is 402 Å². The smallest absolute Gasteiger partial charge is 0.328 e. The zero-order chi connectivity index (χ0) is 49.4. The lowest BCUT2D eigenvalue weighted by molar-refractivity contribution is -0.138. The van der Waals surface area contributed by atoms with Crippen molar-refractivity contribution in [2.75, 3.05) is 63.1 Å². The van der Waals surface area contributed by atoms with E-state index < -0.39 is 29.2 Å². The third kappa shape index (κ3) is 9.82. The number of aromatic nitrogens is 3. The predicted molar refractivity (Wildman–Crippen MR) is 258 cm³/mol. The van der Waals surface area contributed by atoms with E-state index in [1.807, 2.05) is 23.1 Å². The molecule has 0 unspecified atom stereocenters. The lowest BCUT2D eigenvalue weighted by atomic mass is 9.94. The maximum Gasteiger partial charge on any atom is 0.328 e. The van der Waals surface area contributed by atoms with E-state index in [9.17, 15) is 29.1 Å². The minimum absolute atomic E-state index is 0.113. The number of urea groups is 1. The number of ether oxygens (including phenoxy) is 1. The summed E-state index contributed by atoms with van der Waals surface area (Å²) < 4.78 is 35.7. The van der Waals surface area contributed by atoms with E-state index in [4.69, 9.17) is 4.74 Å². The van der Waals surface area contributed by atoms with E-state index in [1.165, 1.54) is 56.4 Å². The fourth-order valence-corrected chi connectivity index (χ4v) is 9.41. The van der Waals surface area contributed by atoms with E-state index in [-0.39, 0.29) is 47.9 Å². The van der Waals surface area contributed by atoms with Crippen LogP contribution in [-0.4, -0.2) is 117 Å². The highest BCUT2D eigenvalue weighted by molar-refractivity contribution is 6.08. The van der Waals surface area contributed by atoms with Gasteiger partial charge in [0.05, 0.1) is 29.7 Å². The molecule has 4 N–H and O–H groups in total. The van der Waals surface area contributed by atoms with Gasteiger partial charge < -0.3 is 29.9 Å². The van der Waals surface area contributed by atoms with Gasteiger partial charge in [-0.05, 0) is 104 Å². The van der Waals surface area contributed by atoms with Crippen molar-refractivity contribution in [3.63, 3.8) is 0 Å². The molecule has 3 fully saturated rings. The highest BCUT2D eigenvalue weighted by atomic mass is 19.1. The number of piperidine rings is 1. The summed E-state index contributed by atoms with van der Waals surface area (Å²) in [6, 6.07) is 20.8. The molecule has 4 aromatic carbocycles. The second kappa shape index (κ2) is 19.4. The predicted octanol–water partition coefficient (Wildman–Crippen LogP) is 7.01. The molecule has 0 spiro atoms. The molecule has 0 bridgehead atoms. The fourth-order valence-electron chi connectivity index (χ4n) is 9.41. The van der Waals surface area contributed by atoms with Crippen molar-refractivity contribution in [2.45, 2.75) is 52.2 Å². The second-order valence-electron chi connectivity index (χ2n) is 18.5. The number of likely N-dealkylation sites (tertiary alicyclic amines) is 1. The maximum atomic E-state index is 15.2. The maximum absolute atomic E-state index is 15.2. The van der Waals surface area contributed by atoms with Gasteiger partial charge in [0, 0.05) is 92.6 Å². The van der Waals surface area contributed by atoms with Crippen LogP contribution in [0.1, 0.15) is 70.5 Å². The Bertz CT molecular complexity index is 3030. The quantitative estimate of drug-likeness (QED) is 0.105. The normalized spacial score (nSPS) is 16.1. The molecular weight excluding hydrogens is 901 g/mol. The van der Waals surface area contributed by atoms with Crippen LogP contribution in [0, 0.1) is 24.5 Å². The summed E-state index contributed by atoms with van der Waals surface area (Å²) in [5, 5.41) is 15.9. The minimum Gasteiger partial charge on any atom is -0.495 e. The van der Waals surface area contributed by atoms with Crippen LogP contribution < -0.4 is 20.3 Å². The van der Waals surface area contributed by atoms with Crippen LogP contribution in [0.5, 0.6) is 5.75 Å². The first kappa shape index (κ1) is 47.5. The minimum atomic E-state index is -1.30. The van der Waals surface area contributed by atoms with Crippen molar-refractivity contribution in [1.82, 2.24) is 35.0 Å². The average Bonchev–Trinajstić information content (AvgIpc) is 3.80. The van der Waals surface area contributed by atoms with Crippen LogP contribution in [0.15, 0.2) is 85.2 Å². The summed E-state index contributed by atoms with van der Waals surface area (Å²) >= 11 is 0. The molecule has 18 heteroatoms. The third-order valence-corrected chi connectivity index (χ3v) is 13.5. The summed E-state index contributed by atoms with van der Waals surface area (Å²) in [5.41, 5.74) is 4.41. The topological polar surface area (TPSA) is 193 Å². The Morgan fingerprint density at radius 1 is 0.871 bits per heavy atom. The Kier molecular flexibility index (Phi) is 13.2. The van der Waals surface area contributed by atoms with E-state index in [0.29, 0.717) is 96.0 Å². The molecule has 16 nitrogen and oxygen atoms in total. The van der Waals surface area contributed by atoms with E-state index in [0.717, 1.165) is 36.0 Å². The number of imide groups is 1. The first-order valence-corrected chi connectivity index (χ1v) is 23.2. The number of nitrogens with zero attached hydrogens (tertiary/aromatic N) is 6. The monoisotopic (exact) mass is 953 g/mol. The van der Waals surface area contributed by atoms with Crippen molar-refractivity contribution in [3.05, 3.63) is 125 Å². The van der Waals surface area contributed by atoms with Gasteiger partial charge in [0.2, 0.25) is 11.8 Å². The number of amides is 6. The molecule has 0 saturated carbocycles. The second-order valence-corrected chi connectivity index (χ2v) is 18.5. The van der Waals surface area contributed by atoms with Crippen molar-refractivity contribution in [2.24, 2.45) is 5.92 Å². The van der Waals surface area contributed by atoms with E-state index in [1.54, 1.807) is 30.0 Å². The van der Waals surface area contributed by atoms with Crippen LogP contribution in [0.3, 0.4) is 0 Å². The molecule has 9 rings (SSSR count). The molecule has 2 aromatic heterocycles. The number of hydrogen-bond donors (Lipinski definition) is 4. The van der Waals surface area contributed by atoms with Gasteiger partial charge in [-0.3, -0.25) is 34.3 Å². The van der Waals surface area contributed by atoms with Crippen molar-refractivity contribution < 1.29 is 42.6 Å². The Balaban J connectivity index is 0.788. The number of carbonyl (C=O) groups is 5. The molecule has 0 atom stereocenters. The zero-order valence-electron chi connectivity index (χ0n) is 39.3. The van der Waals surface area contributed by atoms with Gasteiger partial charge in [0.1, 0.15) is 29.4 Å². The number of aliphatic hydroxyl groups is 1. The number of hydrogen-bond acceptors (Lipinski definition) is 10. The van der Waals surface area contributed by atoms with Gasteiger partial charge in [-0.2, -0.15) is 0 Å². The number of piperazine rings is 1. The molecule has 6 amide bonds. The van der Waals surface area contributed by atoms with Gasteiger partial charge in [0.25, 0.3) is 11.8 Å². The number of halogens is 2. The van der Waals surface area contributed by atoms with Crippen LogP contribution >= 0.6 is 0 Å². The Hall–Kier alpha value is -7.57. The van der Waals surface area contributed by atoms with Crippen LogP contribution in [0.25, 0.3) is 33.5 Å². The third-order valence-electron chi connectivity index (χ3n) is 13.5. The number of anilines is 2. The summed E-state index contributed by atoms with van der Waals surface area (Å²) in [6.07, 6.45) is 2.63. The number of aromatic amines is 1. The molecule has 3 aliphatic rings. The molecule has 362 valence electrons. The molecule has 0 radical (unpaired) electrons. The Morgan fingerprint density at radius 3 is 2.30 bits per heavy atom. The summed E-state index contributed by atoms with van der Waals surface area (Å²) in [7, 11) is 1.48. The molecule has 5 heterocycles. The summed E-state index contributed by atoms with van der Waals surface area (Å²) in [5.74, 6) is -2.41. The standard InChI is InChI=1S/C52H53F2N9O7/c1-30-38(25-36(53)26-41(30)58-48(65)37-11-10-35(24-40(37)54)52(2,3)69)46-39-27-42(57-47(39)56-29-55-46)32-7-5-31(6-8-32)28-60-19-21-62(22-20-60)49(66)33-13-16-61(17-14-33)50(67)34-9-12-44(70-4)43(23-34)63-18-15-45(64)59-51(63)68/h5-12,23-27,29,33,69H,13-22,28H2,1-4H3,(H,58,65)(H,55,56,57)(H,59,64,68). The Morgan fingerprint density at radius 2 is 1.61 bits per heavy atom. The zero-order valence-corrected chi connectivity index (χ0v) is 39.3. The van der Waals surface area contributed by atoms with Gasteiger partial charge >= 0.3 is 6.03 Å². The number of carbonyl (C=O) groups excluding carboxylic acids is 5. The van der Waals surface area contributed by atoms with Crippen molar-refractivity contribution >= 4 is 52.1 Å². The molecule has 0 aliphatic carbocycles. The highest BCUT2D eigenvalue weighted by Gasteiger charge is 2.33.